The van der Waals surface area contributed by atoms with Crippen LogP contribution in [0.15, 0.2) is 48.5 Å². The highest BCUT2D eigenvalue weighted by atomic mass is 19.1. The van der Waals surface area contributed by atoms with Gasteiger partial charge in [-0.3, -0.25) is 9.69 Å². The molecule has 0 saturated carbocycles. The van der Waals surface area contributed by atoms with Gasteiger partial charge in [0, 0.05) is 30.7 Å². The number of hydrazine groups is 1. The maximum Gasteiger partial charge on any atom is 0.251 e. The highest BCUT2D eigenvalue weighted by Crippen LogP contribution is 2.26. The van der Waals surface area contributed by atoms with E-state index in [1.165, 1.54) is 17.7 Å². The summed E-state index contributed by atoms with van der Waals surface area (Å²) in [6.07, 6.45) is 4.05. The number of amides is 1. The van der Waals surface area contributed by atoms with Crippen molar-refractivity contribution in [2.24, 2.45) is 0 Å². The fourth-order valence-electron chi connectivity index (χ4n) is 4.21. The van der Waals surface area contributed by atoms with Crippen molar-refractivity contribution in [3.63, 3.8) is 0 Å². The van der Waals surface area contributed by atoms with Gasteiger partial charge < -0.3 is 5.32 Å². The van der Waals surface area contributed by atoms with E-state index in [2.05, 4.69) is 28.0 Å². The summed E-state index contributed by atoms with van der Waals surface area (Å²) in [5.41, 5.74) is 9.77. The standard InChI is InChI=1S/C23H29FN4O/c1-2-16-3-5-18(6-4-16)23(29)25-20-11-13-28(14-12-20)22-15-21(26-27-22)17-7-9-19(24)10-8-17/h3-10,20-22,26-27H,2,11-15H2,1H3,(H,25,29). The van der Waals surface area contributed by atoms with E-state index in [1.807, 2.05) is 36.4 Å². The summed E-state index contributed by atoms with van der Waals surface area (Å²) in [5, 5.41) is 3.19. The van der Waals surface area contributed by atoms with Gasteiger partial charge in [0.15, 0.2) is 0 Å². The minimum Gasteiger partial charge on any atom is -0.349 e. The summed E-state index contributed by atoms with van der Waals surface area (Å²) in [4.78, 5) is 14.9. The fourth-order valence-corrected chi connectivity index (χ4v) is 4.21. The maximum absolute atomic E-state index is 13.1. The number of likely N-dealkylation sites (tertiary alicyclic amines) is 1. The molecule has 29 heavy (non-hydrogen) atoms. The van der Waals surface area contributed by atoms with Gasteiger partial charge in [-0.2, -0.15) is 0 Å². The molecule has 0 aliphatic carbocycles. The van der Waals surface area contributed by atoms with Crippen LogP contribution in [0.1, 0.15) is 53.7 Å². The first-order valence-corrected chi connectivity index (χ1v) is 10.5. The molecule has 2 unspecified atom stereocenters. The molecule has 5 nitrogen and oxygen atoms in total. The number of rotatable bonds is 5. The van der Waals surface area contributed by atoms with Crippen molar-refractivity contribution in [1.82, 2.24) is 21.1 Å². The Morgan fingerprint density at radius 2 is 1.76 bits per heavy atom. The molecule has 4 rings (SSSR count). The second-order valence-electron chi connectivity index (χ2n) is 7.98. The largest absolute Gasteiger partial charge is 0.349 e. The Morgan fingerprint density at radius 1 is 1.07 bits per heavy atom. The molecule has 2 atom stereocenters. The van der Waals surface area contributed by atoms with Crippen LogP contribution in [0.5, 0.6) is 0 Å². The summed E-state index contributed by atoms with van der Waals surface area (Å²) in [7, 11) is 0. The zero-order valence-electron chi connectivity index (χ0n) is 16.8. The van der Waals surface area contributed by atoms with Gasteiger partial charge in [-0.25, -0.2) is 15.2 Å². The number of nitrogens with zero attached hydrogens (tertiary/aromatic N) is 1. The first-order valence-electron chi connectivity index (χ1n) is 10.5. The van der Waals surface area contributed by atoms with Gasteiger partial charge in [0.1, 0.15) is 5.82 Å². The number of carbonyl (C=O) groups is 1. The molecule has 3 N–H and O–H groups in total. The van der Waals surface area contributed by atoms with E-state index < -0.39 is 0 Å². The average Bonchev–Trinajstić information content (AvgIpc) is 3.25. The number of halogens is 1. The lowest BCUT2D eigenvalue weighted by Crippen LogP contribution is -2.51. The van der Waals surface area contributed by atoms with Gasteiger partial charge in [0.25, 0.3) is 5.91 Å². The summed E-state index contributed by atoms with van der Waals surface area (Å²) in [5.74, 6) is -0.190. The first kappa shape index (κ1) is 20.0. The van der Waals surface area contributed by atoms with Crippen molar-refractivity contribution in [2.45, 2.75) is 50.9 Å². The maximum atomic E-state index is 13.1. The third-order valence-corrected chi connectivity index (χ3v) is 6.09. The van der Waals surface area contributed by atoms with Crippen LogP contribution in [-0.2, 0) is 6.42 Å². The summed E-state index contributed by atoms with van der Waals surface area (Å²) in [6.45, 7) is 3.99. The lowest BCUT2D eigenvalue weighted by Gasteiger charge is -2.35. The van der Waals surface area contributed by atoms with Crippen LogP contribution >= 0.6 is 0 Å². The monoisotopic (exact) mass is 396 g/mol. The van der Waals surface area contributed by atoms with Crippen molar-refractivity contribution in [3.05, 3.63) is 71.0 Å². The molecule has 0 radical (unpaired) electrons. The molecule has 2 aliphatic heterocycles. The molecule has 2 aromatic rings. The Hall–Kier alpha value is -2.28. The van der Waals surface area contributed by atoms with Crippen molar-refractivity contribution in [3.8, 4) is 0 Å². The van der Waals surface area contributed by atoms with Crippen LogP contribution in [0.3, 0.4) is 0 Å². The number of piperidine rings is 1. The minimum atomic E-state index is -0.207. The van der Waals surface area contributed by atoms with Crippen molar-refractivity contribution in [2.75, 3.05) is 13.1 Å². The van der Waals surface area contributed by atoms with E-state index in [0.29, 0.717) is 0 Å². The van der Waals surface area contributed by atoms with E-state index in [0.717, 1.165) is 49.9 Å². The third kappa shape index (κ3) is 4.83. The molecule has 2 aromatic carbocycles. The first-order chi connectivity index (χ1) is 14.1. The lowest BCUT2D eigenvalue weighted by molar-refractivity contribution is 0.0880. The quantitative estimate of drug-likeness (QED) is 0.727. The molecule has 0 bridgehead atoms. The van der Waals surface area contributed by atoms with Gasteiger partial charge in [-0.05, 0) is 61.1 Å². The second-order valence-corrected chi connectivity index (χ2v) is 7.98. The second kappa shape index (κ2) is 9.03. The van der Waals surface area contributed by atoms with Gasteiger partial charge in [0.2, 0.25) is 0 Å². The Kier molecular flexibility index (Phi) is 6.23. The number of hydrogen-bond donors (Lipinski definition) is 3. The molecule has 0 spiro atoms. The van der Waals surface area contributed by atoms with E-state index >= 15 is 0 Å². The van der Waals surface area contributed by atoms with Crippen LogP contribution in [0.2, 0.25) is 0 Å². The summed E-state index contributed by atoms with van der Waals surface area (Å²) in [6, 6.07) is 15.0. The lowest BCUT2D eigenvalue weighted by atomic mass is 10.0. The molecule has 154 valence electrons. The van der Waals surface area contributed by atoms with Gasteiger partial charge in [0.05, 0.1) is 6.17 Å². The van der Waals surface area contributed by atoms with Crippen molar-refractivity contribution >= 4 is 5.91 Å². The molecule has 2 aliphatic rings. The van der Waals surface area contributed by atoms with E-state index in [1.54, 1.807) is 0 Å². The molecule has 2 heterocycles. The molecular formula is C23H29FN4O. The van der Waals surface area contributed by atoms with Crippen LogP contribution in [0.25, 0.3) is 0 Å². The smallest absolute Gasteiger partial charge is 0.251 e. The topological polar surface area (TPSA) is 56.4 Å². The number of carbonyl (C=O) groups excluding carboxylic acids is 1. The van der Waals surface area contributed by atoms with E-state index in [-0.39, 0.29) is 30.0 Å². The molecule has 0 aromatic heterocycles. The molecule has 6 heteroatoms. The molecule has 2 fully saturated rings. The summed E-state index contributed by atoms with van der Waals surface area (Å²) >= 11 is 0. The fraction of sp³-hybridized carbons (Fsp3) is 0.435. The molecule has 2 saturated heterocycles. The number of nitrogens with one attached hydrogen (secondary N) is 3. The van der Waals surface area contributed by atoms with Crippen LogP contribution in [-0.4, -0.2) is 36.1 Å². The van der Waals surface area contributed by atoms with Crippen LogP contribution < -0.4 is 16.2 Å². The highest BCUT2D eigenvalue weighted by Gasteiger charge is 2.32. The number of aryl methyl sites for hydroxylation is 1. The Balaban J connectivity index is 1.25. The predicted octanol–water partition coefficient (Wildman–Crippen LogP) is 3.15. The van der Waals surface area contributed by atoms with Gasteiger partial charge in [-0.1, -0.05) is 31.2 Å². The Morgan fingerprint density at radius 3 is 2.41 bits per heavy atom. The Labute approximate surface area is 171 Å². The summed E-state index contributed by atoms with van der Waals surface area (Å²) < 4.78 is 13.1. The van der Waals surface area contributed by atoms with E-state index in [9.17, 15) is 9.18 Å². The third-order valence-electron chi connectivity index (χ3n) is 6.09. The number of hydrogen-bond acceptors (Lipinski definition) is 4. The molecule has 1 amide bonds. The normalized spacial score (nSPS) is 23.2. The van der Waals surface area contributed by atoms with Gasteiger partial charge in [-0.15, -0.1) is 0 Å². The zero-order valence-corrected chi connectivity index (χ0v) is 16.8. The predicted molar refractivity (Wildman–Crippen MR) is 112 cm³/mol. The van der Waals surface area contributed by atoms with Crippen molar-refractivity contribution < 1.29 is 9.18 Å². The zero-order chi connectivity index (χ0) is 20.2. The van der Waals surface area contributed by atoms with Gasteiger partial charge >= 0.3 is 0 Å². The SMILES string of the molecule is CCc1ccc(C(=O)NC2CCN(C3CC(c4ccc(F)cc4)NN3)CC2)cc1. The number of benzene rings is 2. The van der Waals surface area contributed by atoms with E-state index in [4.69, 9.17) is 0 Å². The van der Waals surface area contributed by atoms with Crippen LogP contribution in [0, 0.1) is 5.82 Å². The Bertz CT molecular complexity index is 816. The average molecular weight is 397 g/mol. The highest BCUT2D eigenvalue weighted by molar-refractivity contribution is 5.94. The molecular weight excluding hydrogens is 367 g/mol. The van der Waals surface area contributed by atoms with Crippen molar-refractivity contribution in [1.29, 1.82) is 0 Å². The minimum absolute atomic E-state index is 0.0168. The van der Waals surface area contributed by atoms with Crippen LogP contribution in [0.4, 0.5) is 4.39 Å².